The van der Waals surface area contributed by atoms with Crippen molar-refractivity contribution in [2.75, 3.05) is 31.5 Å². The lowest BCUT2D eigenvalue weighted by atomic mass is 10.1. The Balaban J connectivity index is 2.23. The number of hydrogen-bond donors (Lipinski definition) is 2. The van der Waals surface area contributed by atoms with Gasteiger partial charge in [-0.25, -0.2) is 0 Å². The zero-order valence-corrected chi connectivity index (χ0v) is 12.0. The number of carbonyl (C=O) groups excluding carboxylic acids is 2. The molecule has 1 heterocycles. The summed E-state index contributed by atoms with van der Waals surface area (Å²) < 4.78 is 0. The van der Waals surface area contributed by atoms with Gasteiger partial charge in [0, 0.05) is 38.3 Å². The maximum absolute atomic E-state index is 12.7. The van der Waals surface area contributed by atoms with Crippen molar-refractivity contribution in [1.82, 2.24) is 10.2 Å². The van der Waals surface area contributed by atoms with Crippen molar-refractivity contribution in [3.63, 3.8) is 0 Å². The molecule has 0 bridgehead atoms. The Bertz CT molecular complexity index is 514. The maximum Gasteiger partial charge on any atom is 0.256 e. The molecule has 0 radical (unpaired) electrons. The second-order valence-electron chi connectivity index (χ2n) is 4.97. The highest BCUT2D eigenvalue weighted by molar-refractivity contribution is 6.00. The first-order chi connectivity index (χ1) is 9.61. The molecule has 0 unspecified atom stereocenters. The Morgan fingerprint density at radius 1 is 1.40 bits per heavy atom. The van der Waals surface area contributed by atoms with Crippen molar-refractivity contribution in [3.8, 4) is 0 Å². The Kier molecular flexibility index (Phi) is 4.61. The van der Waals surface area contributed by atoms with E-state index in [4.69, 9.17) is 0 Å². The largest absolute Gasteiger partial charge is 0.385 e. The summed E-state index contributed by atoms with van der Waals surface area (Å²) in [6.07, 6.45) is 0.369. The Hall–Kier alpha value is -2.04. The predicted molar refractivity (Wildman–Crippen MR) is 78.9 cm³/mol. The van der Waals surface area contributed by atoms with Gasteiger partial charge in [-0.15, -0.1) is 0 Å². The van der Waals surface area contributed by atoms with Crippen molar-refractivity contribution in [1.29, 1.82) is 0 Å². The lowest BCUT2D eigenvalue weighted by Gasteiger charge is -2.21. The number of aryl methyl sites for hydroxylation is 1. The highest BCUT2D eigenvalue weighted by Gasteiger charge is 2.21. The topological polar surface area (TPSA) is 61.4 Å². The van der Waals surface area contributed by atoms with Crippen LogP contribution in [0.4, 0.5) is 5.69 Å². The number of hydrogen-bond acceptors (Lipinski definition) is 3. The van der Waals surface area contributed by atoms with Crippen LogP contribution in [-0.2, 0) is 4.79 Å². The smallest absolute Gasteiger partial charge is 0.256 e. The van der Waals surface area contributed by atoms with Crippen LogP contribution in [0.15, 0.2) is 18.2 Å². The van der Waals surface area contributed by atoms with E-state index in [-0.39, 0.29) is 11.8 Å². The van der Waals surface area contributed by atoms with E-state index < -0.39 is 0 Å². The summed E-state index contributed by atoms with van der Waals surface area (Å²) in [7, 11) is 0. The second kappa shape index (κ2) is 6.41. The number of anilines is 1. The van der Waals surface area contributed by atoms with Gasteiger partial charge in [0.05, 0.1) is 5.56 Å². The van der Waals surface area contributed by atoms with Crippen LogP contribution < -0.4 is 10.6 Å². The number of benzene rings is 1. The molecule has 1 fully saturated rings. The summed E-state index contributed by atoms with van der Waals surface area (Å²) in [6.45, 7) is 6.30. The standard InChI is InChI=1S/C15H21N3O2/c1-3-16-13-5-4-11(2)10-12(13)15(20)18-8-6-14(19)17-7-9-18/h4-5,10,16H,3,6-9H2,1-2H3,(H,17,19). The molecular weight excluding hydrogens is 254 g/mol. The Morgan fingerprint density at radius 3 is 2.95 bits per heavy atom. The lowest BCUT2D eigenvalue weighted by Crippen LogP contribution is -2.34. The van der Waals surface area contributed by atoms with Gasteiger partial charge in [-0.05, 0) is 26.0 Å². The van der Waals surface area contributed by atoms with Crippen molar-refractivity contribution >= 4 is 17.5 Å². The molecule has 2 N–H and O–H groups in total. The molecule has 0 aromatic heterocycles. The molecule has 1 aromatic carbocycles. The van der Waals surface area contributed by atoms with Gasteiger partial charge in [0.15, 0.2) is 0 Å². The molecule has 1 aliphatic rings. The molecule has 1 saturated heterocycles. The minimum Gasteiger partial charge on any atom is -0.385 e. The van der Waals surface area contributed by atoms with Gasteiger partial charge >= 0.3 is 0 Å². The van der Waals surface area contributed by atoms with Gasteiger partial charge in [-0.3, -0.25) is 9.59 Å². The van der Waals surface area contributed by atoms with Gasteiger partial charge in [-0.2, -0.15) is 0 Å². The van der Waals surface area contributed by atoms with E-state index in [9.17, 15) is 9.59 Å². The van der Waals surface area contributed by atoms with Crippen LogP contribution in [0.25, 0.3) is 0 Å². The minimum absolute atomic E-state index is 0.0106. The van der Waals surface area contributed by atoms with Crippen LogP contribution in [0.2, 0.25) is 0 Å². The predicted octanol–water partition coefficient (Wildman–Crippen LogP) is 1.39. The molecule has 0 atom stereocenters. The normalized spacial score (nSPS) is 15.5. The fourth-order valence-corrected chi connectivity index (χ4v) is 2.32. The van der Waals surface area contributed by atoms with E-state index in [0.29, 0.717) is 31.6 Å². The molecule has 20 heavy (non-hydrogen) atoms. The van der Waals surface area contributed by atoms with Crippen LogP contribution in [0.1, 0.15) is 29.3 Å². The van der Waals surface area contributed by atoms with E-state index in [1.54, 1.807) is 4.90 Å². The first kappa shape index (κ1) is 14.4. The molecule has 2 amide bonds. The summed E-state index contributed by atoms with van der Waals surface area (Å²) >= 11 is 0. The van der Waals surface area contributed by atoms with E-state index in [0.717, 1.165) is 17.8 Å². The van der Waals surface area contributed by atoms with Crippen LogP contribution in [-0.4, -0.2) is 42.9 Å². The molecule has 0 saturated carbocycles. The molecule has 108 valence electrons. The molecule has 1 aliphatic heterocycles. The maximum atomic E-state index is 12.7. The van der Waals surface area contributed by atoms with Crippen molar-refractivity contribution in [2.24, 2.45) is 0 Å². The first-order valence-electron chi connectivity index (χ1n) is 7.02. The third-order valence-electron chi connectivity index (χ3n) is 3.37. The number of rotatable bonds is 3. The van der Waals surface area contributed by atoms with E-state index in [1.165, 1.54) is 0 Å². The number of amides is 2. The van der Waals surface area contributed by atoms with Crippen LogP contribution in [0, 0.1) is 6.92 Å². The average molecular weight is 275 g/mol. The molecule has 2 rings (SSSR count). The molecule has 5 heteroatoms. The summed E-state index contributed by atoms with van der Waals surface area (Å²) in [6, 6.07) is 5.83. The van der Waals surface area contributed by atoms with Crippen LogP contribution in [0.3, 0.4) is 0 Å². The minimum atomic E-state index is -0.0128. The zero-order chi connectivity index (χ0) is 14.5. The second-order valence-corrected chi connectivity index (χ2v) is 4.97. The number of nitrogens with one attached hydrogen (secondary N) is 2. The third-order valence-corrected chi connectivity index (χ3v) is 3.37. The van der Waals surface area contributed by atoms with Crippen LogP contribution >= 0.6 is 0 Å². The molecule has 0 aliphatic carbocycles. The van der Waals surface area contributed by atoms with Crippen molar-refractivity contribution < 1.29 is 9.59 Å². The summed E-state index contributed by atoms with van der Waals surface area (Å²) in [5, 5.41) is 6.00. The lowest BCUT2D eigenvalue weighted by molar-refractivity contribution is -0.120. The van der Waals surface area contributed by atoms with Crippen LogP contribution in [0.5, 0.6) is 0 Å². The first-order valence-corrected chi connectivity index (χ1v) is 7.02. The van der Waals surface area contributed by atoms with Gasteiger partial charge in [0.1, 0.15) is 0 Å². The number of nitrogens with zero attached hydrogens (tertiary/aromatic N) is 1. The quantitative estimate of drug-likeness (QED) is 0.876. The fraction of sp³-hybridized carbons (Fsp3) is 0.467. The Morgan fingerprint density at radius 2 is 2.20 bits per heavy atom. The van der Waals surface area contributed by atoms with Gasteiger partial charge < -0.3 is 15.5 Å². The highest BCUT2D eigenvalue weighted by Crippen LogP contribution is 2.19. The van der Waals surface area contributed by atoms with Crippen molar-refractivity contribution in [2.45, 2.75) is 20.3 Å². The molecular formula is C15H21N3O2. The van der Waals surface area contributed by atoms with Gasteiger partial charge in [0.25, 0.3) is 5.91 Å². The molecule has 0 spiro atoms. The van der Waals surface area contributed by atoms with E-state index >= 15 is 0 Å². The summed E-state index contributed by atoms with van der Waals surface area (Å²) in [4.78, 5) is 25.7. The third kappa shape index (κ3) is 3.29. The summed E-state index contributed by atoms with van der Waals surface area (Å²) in [5.41, 5.74) is 2.59. The fourth-order valence-electron chi connectivity index (χ4n) is 2.32. The average Bonchev–Trinajstić information content (AvgIpc) is 2.65. The SMILES string of the molecule is CCNc1ccc(C)cc1C(=O)N1CCNC(=O)CC1. The highest BCUT2D eigenvalue weighted by atomic mass is 16.2. The molecule has 1 aromatic rings. The zero-order valence-electron chi connectivity index (χ0n) is 12.0. The van der Waals surface area contributed by atoms with E-state index in [1.807, 2.05) is 32.0 Å². The van der Waals surface area contributed by atoms with Gasteiger partial charge in [-0.1, -0.05) is 11.6 Å². The summed E-state index contributed by atoms with van der Waals surface area (Å²) in [5.74, 6) is -0.00222. The molecule has 5 nitrogen and oxygen atoms in total. The van der Waals surface area contributed by atoms with Crippen molar-refractivity contribution in [3.05, 3.63) is 29.3 Å². The van der Waals surface area contributed by atoms with E-state index in [2.05, 4.69) is 10.6 Å². The Labute approximate surface area is 119 Å². The monoisotopic (exact) mass is 275 g/mol. The van der Waals surface area contributed by atoms with Gasteiger partial charge in [0.2, 0.25) is 5.91 Å². The number of carbonyl (C=O) groups is 2.